The van der Waals surface area contributed by atoms with Gasteiger partial charge in [-0.15, -0.1) is 0 Å². The van der Waals surface area contributed by atoms with Crippen LogP contribution in [0.4, 0.5) is 11.4 Å². The number of carbonyl (C=O) groups is 1. The van der Waals surface area contributed by atoms with Gasteiger partial charge < -0.3 is 10.1 Å². The van der Waals surface area contributed by atoms with Gasteiger partial charge in [-0.1, -0.05) is 29.8 Å². The summed E-state index contributed by atoms with van der Waals surface area (Å²) in [7, 11) is -2.22. The lowest BCUT2D eigenvalue weighted by molar-refractivity contribution is 0.102. The van der Waals surface area contributed by atoms with Crippen LogP contribution in [0.5, 0.6) is 5.75 Å². The highest BCUT2D eigenvalue weighted by Crippen LogP contribution is 2.21. The lowest BCUT2D eigenvalue weighted by atomic mass is 10.2. The number of carbonyl (C=O) groups excluding carboxylic acids is 1. The molecule has 0 aromatic heterocycles. The number of rotatable bonds is 6. The number of hydrogen-bond donors (Lipinski definition) is 2. The fraction of sp³-hybridized carbons (Fsp3) is 0.0952. The van der Waals surface area contributed by atoms with Crippen LogP contribution in [0.1, 0.15) is 15.9 Å². The molecule has 0 unspecified atom stereocenters. The highest BCUT2D eigenvalue weighted by Gasteiger charge is 2.15. The Morgan fingerprint density at radius 1 is 0.857 bits per heavy atom. The summed E-state index contributed by atoms with van der Waals surface area (Å²) in [5.74, 6) is 0.118. The van der Waals surface area contributed by atoms with E-state index in [1.165, 1.54) is 31.4 Å². The highest BCUT2D eigenvalue weighted by molar-refractivity contribution is 7.92. The van der Waals surface area contributed by atoms with Crippen molar-refractivity contribution in [2.45, 2.75) is 11.8 Å². The molecule has 3 rings (SSSR count). The van der Waals surface area contributed by atoms with E-state index in [2.05, 4.69) is 10.0 Å². The van der Waals surface area contributed by atoms with Gasteiger partial charge in [-0.2, -0.15) is 0 Å². The number of amides is 1. The Balaban J connectivity index is 1.74. The van der Waals surface area contributed by atoms with Crippen molar-refractivity contribution in [3.8, 4) is 5.75 Å². The van der Waals surface area contributed by atoms with Crippen molar-refractivity contribution in [3.05, 3.63) is 83.9 Å². The lowest BCUT2D eigenvalue weighted by Crippen LogP contribution is -2.14. The van der Waals surface area contributed by atoms with Gasteiger partial charge in [-0.05, 0) is 55.5 Å². The smallest absolute Gasteiger partial charge is 0.261 e. The summed E-state index contributed by atoms with van der Waals surface area (Å²) in [5.41, 5.74) is 2.39. The first-order valence-corrected chi connectivity index (χ1v) is 10.0. The quantitative estimate of drug-likeness (QED) is 0.658. The maximum atomic E-state index is 12.5. The van der Waals surface area contributed by atoms with Crippen molar-refractivity contribution in [1.29, 1.82) is 0 Å². The second-order valence-corrected chi connectivity index (χ2v) is 7.83. The largest absolute Gasteiger partial charge is 0.496 e. The van der Waals surface area contributed by atoms with E-state index >= 15 is 0 Å². The van der Waals surface area contributed by atoms with Gasteiger partial charge in [0, 0.05) is 11.4 Å². The van der Waals surface area contributed by atoms with Crippen molar-refractivity contribution in [2.24, 2.45) is 0 Å². The second kappa shape index (κ2) is 8.14. The lowest BCUT2D eigenvalue weighted by Gasteiger charge is -2.11. The van der Waals surface area contributed by atoms with Crippen LogP contribution in [0.2, 0.25) is 0 Å². The minimum atomic E-state index is -3.72. The number of aryl methyl sites for hydroxylation is 1. The summed E-state index contributed by atoms with van der Waals surface area (Å²) < 4.78 is 32.7. The van der Waals surface area contributed by atoms with Crippen molar-refractivity contribution in [3.63, 3.8) is 0 Å². The van der Waals surface area contributed by atoms with E-state index in [1.54, 1.807) is 36.4 Å². The first-order valence-electron chi connectivity index (χ1n) is 8.53. The molecule has 0 atom stereocenters. The van der Waals surface area contributed by atoms with Crippen molar-refractivity contribution in [2.75, 3.05) is 17.1 Å². The molecule has 0 aliphatic carbocycles. The zero-order chi connectivity index (χ0) is 20.1. The van der Waals surface area contributed by atoms with Gasteiger partial charge in [0.05, 0.1) is 17.6 Å². The molecular formula is C21H20N2O4S. The minimum Gasteiger partial charge on any atom is -0.496 e. The van der Waals surface area contributed by atoms with Gasteiger partial charge >= 0.3 is 0 Å². The standard InChI is InChI=1S/C21H20N2O4S/c1-15-7-9-17(10-8-15)23-28(25,26)18-13-11-16(12-14-18)22-21(24)19-5-3-4-6-20(19)27-2/h3-14,23H,1-2H3,(H,22,24). The number of hydrogen-bond acceptors (Lipinski definition) is 4. The van der Waals surface area contributed by atoms with Crippen LogP contribution in [0.15, 0.2) is 77.7 Å². The average molecular weight is 396 g/mol. The zero-order valence-corrected chi connectivity index (χ0v) is 16.3. The van der Waals surface area contributed by atoms with Gasteiger partial charge in [0.15, 0.2) is 0 Å². The summed E-state index contributed by atoms with van der Waals surface area (Å²) in [6.45, 7) is 1.93. The van der Waals surface area contributed by atoms with Gasteiger partial charge in [-0.3, -0.25) is 9.52 Å². The third kappa shape index (κ3) is 4.50. The number of anilines is 2. The predicted molar refractivity (Wildman–Crippen MR) is 109 cm³/mol. The Bertz CT molecular complexity index is 1080. The topological polar surface area (TPSA) is 84.5 Å². The molecular weight excluding hydrogens is 376 g/mol. The molecule has 28 heavy (non-hydrogen) atoms. The molecule has 0 radical (unpaired) electrons. The van der Waals surface area contributed by atoms with Crippen LogP contribution in [-0.4, -0.2) is 21.4 Å². The van der Waals surface area contributed by atoms with Crippen LogP contribution < -0.4 is 14.8 Å². The number of nitrogens with one attached hydrogen (secondary N) is 2. The second-order valence-electron chi connectivity index (χ2n) is 6.15. The SMILES string of the molecule is COc1ccccc1C(=O)Nc1ccc(S(=O)(=O)Nc2ccc(C)cc2)cc1. The molecule has 0 fully saturated rings. The maximum absolute atomic E-state index is 12.5. The number of ether oxygens (including phenoxy) is 1. The maximum Gasteiger partial charge on any atom is 0.261 e. The van der Waals surface area contributed by atoms with E-state index in [-0.39, 0.29) is 10.8 Å². The molecule has 144 valence electrons. The van der Waals surface area contributed by atoms with Gasteiger partial charge in [-0.25, -0.2) is 8.42 Å². The summed E-state index contributed by atoms with van der Waals surface area (Å²) >= 11 is 0. The number of methoxy groups -OCH3 is 1. The van der Waals surface area contributed by atoms with Crippen LogP contribution in [0, 0.1) is 6.92 Å². The zero-order valence-electron chi connectivity index (χ0n) is 15.5. The van der Waals surface area contributed by atoms with Crippen molar-refractivity contribution in [1.82, 2.24) is 0 Å². The Morgan fingerprint density at radius 3 is 2.11 bits per heavy atom. The third-order valence-electron chi connectivity index (χ3n) is 4.08. The average Bonchev–Trinajstić information content (AvgIpc) is 2.70. The Labute approximate surface area is 164 Å². The van der Waals surface area contributed by atoms with Gasteiger partial charge in [0.25, 0.3) is 15.9 Å². The summed E-state index contributed by atoms with van der Waals surface area (Å²) in [6.07, 6.45) is 0. The molecule has 2 N–H and O–H groups in total. The molecule has 0 spiro atoms. The first-order chi connectivity index (χ1) is 13.4. The van der Waals surface area contributed by atoms with Gasteiger partial charge in [0.1, 0.15) is 5.75 Å². The van der Waals surface area contributed by atoms with E-state index in [1.807, 2.05) is 19.1 Å². The van der Waals surface area contributed by atoms with Crippen molar-refractivity contribution < 1.29 is 17.9 Å². The van der Waals surface area contributed by atoms with Crippen LogP contribution in [0.3, 0.4) is 0 Å². The van der Waals surface area contributed by atoms with Crippen LogP contribution in [0.25, 0.3) is 0 Å². The van der Waals surface area contributed by atoms with Gasteiger partial charge in [0.2, 0.25) is 0 Å². The first kappa shape index (κ1) is 19.4. The molecule has 6 nitrogen and oxygen atoms in total. The Morgan fingerprint density at radius 2 is 1.46 bits per heavy atom. The molecule has 7 heteroatoms. The Kier molecular flexibility index (Phi) is 5.65. The summed E-state index contributed by atoms with van der Waals surface area (Å²) in [6, 6.07) is 19.9. The summed E-state index contributed by atoms with van der Waals surface area (Å²) in [5, 5.41) is 2.73. The molecule has 1 amide bonds. The van der Waals surface area contributed by atoms with Crippen molar-refractivity contribution >= 4 is 27.3 Å². The van der Waals surface area contributed by atoms with E-state index in [4.69, 9.17) is 4.74 Å². The molecule has 0 aliphatic heterocycles. The fourth-order valence-corrected chi connectivity index (χ4v) is 3.64. The van der Waals surface area contributed by atoms with Crippen LogP contribution >= 0.6 is 0 Å². The number of para-hydroxylation sites is 1. The van der Waals surface area contributed by atoms with Crippen LogP contribution in [-0.2, 0) is 10.0 Å². The molecule has 3 aromatic carbocycles. The normalized spacial score (nSPS) is 10.9. The molecule has 0 bridgehead atoms. The summed E-state index contributed by atoms with van der Waals surface area (Å²) in [4.78, 5) is 12.5. The Hall–Kier alpha value is -3.32. The molecule has 0 saturated carbocycles. The predicted octanol–water partition coefficient (Wildman–Crippen LogP) is 4.06. The van der Waals surface area contributed by atoms with E-state index in [9.17, 15) is 13.2 Å². The van der Waals surface area contributed by atoms with E-state index in [0.29, 0.717) is 22.7 Å². The molecule has 0 heterocycles. The molecule has 0 aliphatic rings. The fourth-order valence-electron chi connectivity index (χ4n) is 2.58. The minimum absolute atomic E-state index is 0.100. The van der Waals surface area contributed by atoms with E-state index in [0.717, 1.165) is 5.56 Å². The molecule has 3 aromatic rings. The third-order valence-corrected chi connectivity index (χ3v) is 5.48. The highest BCUT2D eigenvalue weighted by atomic mass is 32.2. The van der Waals surface area contributed by atoms with E-state index < -0.39 is 10.0 Å². The number of benzene rings is 3. The number of sulfonamides is 1. The molecule has 0 saturated heterocycles. The monoisotopic (exact) mass is 396 g/mol.